The minimum absolute atomic E-state index is 0.0803. The molecule has 2 amide bonds. The van der Waals surface area contributed by atoms with E-state index in [0.29, 0.717) is 24.3 Å². The minimum atomic E-state index is -0.434. The summed E-state index contributed by atoms with van der Waals surface area (Å²) in [6.07, 6.45) is 0.942. The van der Waals surface area contributed by atoms with Crippen LogP contribution in [0.2, 0.25) is 0 Å². The summed E-state index contributed by atoms with van der Waals surface area (Å²) in [5.41, 5.74) is 2.77. The molecule has 0 spiro atoms. The molecular weight excluding hydrogens is 282 g/mol. The van der Waals surface area contributed by atoms with Gasteiger partial charge in [0.1, 0.15) is 11.7 Å². The molecule has 1 atom stereocenters. The number of benzene rings is 1. The van der Waals surface area contributed by atoms with E-state index in [4.69, 9.17) is 4.52 Å². The Kier molecular flexibility index (Phi) is 3.91. The molecular formula is C16H17N3O3. The van der Waals surface area contributed by atoms with E-state index in [2.05, 4.69) is 15.8 Å². The normalized spacial score (nSPS) is 17.3. The monoisotopic (exact) mass is 299 g/mol. The van der Waals surface area contributed by atoms with E-state index in [1.807, 2.05) is 31.2 Å². The first-order valence-electron chi connectivity index (χ1n) is 7.21. The summed E-state index contributed by atoms with van der Waals surface area (Å²) in [7, 11) is 0. The Morgan fingerprint density at radius 3 is 2.86 bits per heavy atom. The average molecular weight is 299 g/mol. The van der Waals surface area contributed by atoms with Gasteiger partial charge in [-0.05, 0) is 13.3 Å². The lowest BCUT2D eigenvalue weighted by atomic mass is 10.1. The molecule has 1 aliphatic rings. The summed E-state index contributed by atoms with van der Waals surface area (Å²) in [6, 6.07) is 9.30. The lowest BCUT2D eigenvalue weighted by Crippen LogP contribution is -2.41. The summed E-state index contributed by atoms with van der Waals surface area (Å²) in [6.45, 7) is 2.30. The smallest absolute Gasteiger partial charge is 0.242 e. The van der Waals surface area contributed by atoms with Crippen LogP contribution >= 0.6 is 0 Å². The molecule has 1 aliphatic heterocycles. The van der Waals surface area contributed by atoms with Crippen LogP contribution in [-0.2, 0) is 16.1 Å². The fourth-order valence-electron chi connectivity index (χ4n) is 2.36. The Bertz CT molecular complexity index is 691. The van der Waals surface area contributed by atoms with Crippen molar-refractivity contribution in [3.05, 3.63) is 41.6 Å². The highest BCUT2D eigenvalue weighted by atomic mass is 16.5. The van der Waals surface area contributed by atoms with Crippen LogP contribution in [-0.4, -0.2) is 23.0 Å². The fourth-order valence-corrected chi connectivity index (χ4v) is 2.36. The van der Waals surface area contributed by atoms with Crippen LogP contribution in [0.3, 0.4) is 0 Å². The average Bonchev–Trinajstić information content (AvgIpc) is 3.15. The number of aryl methyl sites for hydroxylation is 1. The maximum Gasteiger partial charge on any atom is 0.242 e. The first-order valence-corrected chi connectivity index (χ1v) is 7.21. The summed E-state index contributed by atoms with van der Waals surface area (Å²) < 4.78 is 5.29. The van der Waals surface area contributed by atoms with E-state index in [1.165, 1.54) is 5.56 Å². The van der Waals surface area contributed by atoms with Gasteiger partial charge in [-0.25, -0.2) is 0 Å². The third-order valence-corrected chi connectivity index (χ3v) is 3.65. The van der Waals surface area contributed by atoms with Crippen LogP contribution in [0.4, 0.5) is 0 Å². The second kappa shape index (κ2) is 6.01. The Morgan fingerprint density at radius 2 is 2.18 bits per heavy atom. The second-order valence-corrected chi connectivity index (χ2v) is 5.43. The Hall–Kier alpha value is -2.63. The molecule has 1 aromatic carbocycles. The van der Waals surface area contributed by atoms with Gasteiger partial charge in [-0.2, -0.15) is 0 Å². The molecule has 3 rings (SSSR count). The van der Waals surface area contributed by atoms with Gasteiger partial charge in [0.05, 0.1) is 6.54 Å². The molecule has 6 heteroatoms. The number of aromatic nitrogens is 1. The Balaban J connectivity index is 1.59. The van der Waals surface area contributed by atoms with Gasteiger partial charge in [0.15, 0.2) is 5.76 Å². The lowest BCUT2D eigenvalue weighted by Gasteiger charge is -2.09. The number of hydrogen-bond donors (Lipinski definition) is 2. The maximum atomic E-state index is 11.9. The zero-order valence-corrected chi connectivity index (χ0v) is 12.3. The van der Waals surface area contributed by atoms with Gasteiger partial charge in [0, 0.05) is 18.1 Å². The molecule has 2 aromatic rings. The molecule has 0 radical (unpaired) electrons. The molecule has 22 heavy (non-hydrogen) atoms. The molecule has 6 nitrogen and oxygen atoms in total. The maximum absolute atomic E-state index is 11.9. The van der Waals surface area contributed by atoms with Crippen molar-refractivity contribution in [2.75, 3.05) is 0 Å². The van der Waals surface area contributed by atoms with Gasteiger partial charge >= 0.3 is 0 Å². The van der Waals surface area contributed by atoms with E-state index in [9.17, 15) is 9.59 Å². The van der Waals surface area contributed by atoms with E-state index < -0.39 is 6.04 Å². The number of rotatable bonds is 4. The van der Waals surface area contributed by atoms with Gasteiger partial charge in [-0.1, -0.05) is 35.0 Å². The number of carbonyl (C=O) groups is 2. The van der Waals surface area contributed by atoms with Crippen LogP contribution in [0.1, 0.15) is 24.1 Å². The number of carbonyl (C=O) groups excluding carboxylic acids is 2. The zero-order chi connectivity index (χ0) is 15.5. The van der Waals surface area contributed by atoms with Crippen molar-refractivity contribution in [3.63, 3.8) is 0 Å². The van der Waals surface area contributed by atoms with Crippen LogP contribution in [0.25, 0.3) is 11.3 Å². The van der Waals surface area contributed by atoms with Gasteiger partial charge in [0.25, 0.3) is 0 Å². The molecule has 0 saturated carbocycles. The standard InChI is InChI=1S/C16H17N3O3/c1-10-2-4-11(5-3-10)14-8-12(19-22-14)9-17-16(21)13-6-7-15(20)18-13/h2-5,8,13H,6-7,9H2,1H3,(H,17,21)(H,18,20). The van der Waals surface area contributed by atoms with Crippen LogP contribution in [0, 0.1) is 6.92 Å². The molecule has 1 fully saturated rings. The quantitative estimate of drug-likeness (QED) is 0.897. The van der Waals surface area contributed by atoms with Crippen molar-refractivity contribution in [1.29, 1.82) is 0 Å². The molecule has 2 N–H and O–H groups in total. The van der Waals surface area contributed by atoms with Crippen molar-refractivity contribution in [1.82, 2.24) is 15.8 Å². The number of amides is 2. The summed E-state index contributed by atoms with van der Waals surface area (Å²) in [4.78, 5) is 23.0. The third kappa shape index (κ3) is 3.16. The van der Waals surface area contributed by atoms with Crippen LogP contribution < -0.4 is 10.6 Å². The van der Waals surface area contributed by atoms with Crippen LogP contribution in [0.15, 0.2) is 34.9 Å². The Labute approximate surface area is 127 Å². The minimum Gasteiger partial charge on any atom is -0.356 e. The third-order valence-electron chi connectivity index (χ3n) is 3.65. The summed E-state index contributed by atoms with van der Waals surface area (Å²) >= 11 is 0. The highest BCUT2D eigenvalue weighted by molar-refractivity contribution is 5.90. The van der Waals surface area contributed by atoms with Crippen molar-refractivity contribution in [3.8, 4) is 11.3 Å². The van der Waals surface area contributed by atoms with E-state index in [0.717, 1.165) is 5.56 Å². The summed E-state index contributed by atoms with van der Waals surface area (Å²) in [5, 5.41) is 9.34. The molecule has 1 aromatic heterocycles. The van der Waals surface area contributed by atoms with E-state index >= 15 is 0 Å². The van der Waals surface area contributed by atoms with Gasteiger partial charge < -0.3 is 15.2 Å². The van der Waals surface area contributed by atoms with Gasteiger partial charge in [-0.3, -0.25) is 9.59 Å². The molecule has 2 heterocycles. The van der Waals surface area contributed by atoms with Crippen molar-refractivity contribution in [2.24, 2.45) is 0 Å². The van der Waals surface area contributed by atoms with Crippen LogP contribution in [0.5, 0.6) is 0 Å². The summed E-state index contributed by atoms with van der Waals surface area (Å²) in [5.74, 6) is 0.396. The van der Waals surface area contributed by atoms with Crippen molar-refractivity contribution < 1.29 is 14.1 Å². The topological polar surface area (TPSA) is 84.2 Å². The van der Waals surface area contributed by atoms with E-state index in [-0.39, 0.29) is 18.4 Å². The number of nitrogens with one attached hydrogen (secondary N) is 2. The molecule has 1 saturated heterocycles. The predicted octanol–water partition coefficient (Wildman–Crippen LogP) is 1.54. The highest BCUT2D eigenvalue weighted by Gasteiger charge is 2.26. The Morgan fingerprint density at radius 1 is 1.41 bits per heavy atom. The predicted molar refractivity (Wildman–Crippen MR) is 79.7 cm³/mol. The highest BCUT2D eigenvalue weighted by Crippen LogP contribution is 2.20. The largest absolute Gasteiger partial charge is 0.356 e. The fraction of sp³-hybridized carbons (Fsp3) is 0.312. The first kappa shape index (κ1) is 14.3. The molecule has 0 aliphatic carbocycles. The number of hydrogen-bond acceptors (Lipinski definition) is 4. The number of nitrogens with zero attached hydrogens (tertiary/aromatic N) is 1. The first-order chi connectivity index (χ1) is 10.6. The van der Waals surface area contributed by atoms with E-state index in [1.54, 1.807) is 6.07 Å². The van der Waals surface area contributed by atoms with Gasteiger partial charge in [-0.15, -0.1) is 0 Å². The van der Waals surface area contributed by atoms with Gasteiger partial charge in [0.2, 0.25) is 11.8 Å². The van der Waals surface area contributed by atoms with Crippen molar-refractivity contribution >= 4 is 11.8 Å². The molecule has 1 unspecified atom stereocenters. The SMILES string of the molecule is Cc1ccc(-c2cc(CNC(=O)C3CCC(=O)N3)no2)cc1. The lowest BCUT2D eigenvalue weighted by molar-refractivity contribution is -0.125. The second-order valence-electron chi connectivity index (χ2n) is 5.43. The zero-order valence-electron chi connectivity index (χ0n) is 12.3. The molecule has 0 bridgehead atoms. The molecule has 114 valence electrons. The van der Waals surface area contributed by atoms with Crippen molar-refractivity contribution in [2.45, 2.75) is 32.4 Å².